The van der Waals surface area contributed by atoms with Crippen molar-refractivity contribution in [3.05, 3.63) is 70.0 Å². The molecule has 0 saturated heterocycles. The van der Waals surface area contributed by atoms with Gasteiger partial charge in [-0.15, -0.1) is 0 Å². The maximum atomic E-state index is 13.5. The van der Waals surface area contributed by atoms with Crippen LogP contribution >= 0.6 is 11.6 Å². The number of nitrogens with one attached hydrogen (secondary N) is 1. The Morgan fingerprint density at radius 3 is 2.42 bits per heavy atom. The number of hydrogen-bond acceptors (Lipinski definition) is 4. The average molecular weight is 448 g/mol. The Kier molecular flexibility index (Phi) is 7.25. The van der Waals surface area contributed by atoms with Crippen molar-refractivity contribution in [1.82, 2.24) is 15.1 Å². The molecule has 1 unspecified atom stereocenters. The summed E-state index contributed by atoms with van der Waals surface area (Å²) in [7, 11) is 1.53. The second-order valence-electron chi connectivity index (χ2n) is 7.27. The summed E-state index contributed by atoms with van der Waals surface area (Å²) in [6.07, 6.45) is 0.804. The van der Waals surface area contributed by atoms with Crippen molar-refractivity contribution < 1.29 is 23.9 Å². The minimum Gasteiger partial charge on any atom is -0.394 e. The fourth-order valence-corrected chi connectivity index (χ4v) is 3.67. The SMILES string of the molecule is CN(C(=O)NCc1cccc(F)c1Cl)C(CO)CCCN1C(=O)c2ccccc2C1=O. The Morgan fingerprint density at radius 1 is 1.16 bits per heavy atom. The van der Waals surface area contributed by atoms with Crippen molar-refractivity contribution in [2.24, 2.45) is 0 Å². The predicted molar refractivity (Wildman–Crippen MR) is 113 cm³/mol. The Bertz CT molecular complexity index is 965. The van der Waals surface area contributed by atoms with E-state index >= 15 is 0 Å². The van der Waals surface area contributed by atoms with E-state index < -0.39 is 17.9 Å². The third-order valence-electron chi connectivity index (χ3n) is 5.34. The van der Waals surface area contributed by atoms with Crippen LogP contribution in [0.1, 0.15) is 39.1 Å². The van der Waals surface area contributed by atoms with E-state index in [2.05, 4.69) is 5.32 Å². The molecule has 7 nitrogen and oxygen atoms in total. The van der Waals surface area contributed by atoms with Gasteiger partial charge in [-0.25, -0.2) is 9.18 Å². The van der Waals surface area contributed by atoms with Crippen LogP contribution in [-0.4, -0.2) is 59.0 Å². The van der Waals surface area contributed by atoms with Crippen LogP contribution in [0, 0.1) is 5.82 Å². The molecule has 2 N–H and O–H groups in total. The molecule has 1 heterocycles. The van der Waals surface area contributed by atoms with E-state index in [1.807, 2.05) is 0 Å². The highest BCUT2D eigenvalue weighted by molar-refractivity contribution is 6.31. The van der Waals surface area contributed by atoms with Gasteiger partial charge in [0.1, 0.15) is 5.82 Å². The number of halogens is 2. The van der Waals surface area contributed by atoms with Crippen molar-refractivity contribution in [1.29, 1.82) is 0 Å². The summed E-state index contributed by atoms with van der Waals surface area (Å²) in [4.78, 5) is 39.8. The summed E-state index contributed by atoms with van der Waals surface area (Å²) < 4.78 is 13.5. The van der Waals surface area contributed by atoms with Gasteiger partial charge < -0.3 is 15.3 Å². The molecule has 0 radical (unpaired) electrons. The van der Waals surface area contributed by atoms with E-state index in [4.69, 9.17) is 11.6 Å². The summed E-state index contributed by atoms with van der Waals surface area (Å²) in [6.45, 7) is -0.0586. The fraction of sp³-hybridized carbons (Fsp3) is 0.318. The maximum absolute atomic E-state index is 13.5. The number of imide groups is 1. The molecule has 1 atom stereocenters. The van der Waals surface area contributed by atoms with Gasteiger partial charge in [-0.3, -0.25) is 14.5 Å². The van der Waals surface area contributed by atoms with Gasteiger partial charge in [-0.05, 0) is 36.6 Å². The molecule has 0 bridgehead atoms. The summed E-state index contributed by atoms with van der Waals surface area (Å²) in [5, 5.41) is 12.3. The highest BCUT2D eigenvalue weighted by Crippen LogP contribution is 2.23. The van der Waals surface area contributed by atoms with Gasteiger partial charge in [0.25, 0.3) is 11.8 Å². The number of likely N-dealkylation sites (N-methyl/N-ethyl adjacent to an activating group) is 1. The Morgan fingerprint density at radius 2 is 1.81 bits per heavy atom. The van der Waals surface area contributed by atoms with Crippen molar-refractivity contribution in [3.8, 4) is 0 Å². The minimum atomic E-state index is -0.567. The van der Waals surface area contributed by atoms with Crippen LogP contribution in [0.4, 0.5) is 9.18 Å². The van der Waals surface area contributed by atoms with Crippen LogP contribution in [-0.2, 0) is 6.54 Å². The lowest BCUT2D eigenvalue weighted by molar-refractivity contribution is 0.0645. The van der Waals surface area contributed by atoms with Crippen LogP contribution in [0.2, 0.25) is 5.02 Å². The molecule has 1 aliphatic heterocycles. The number of carbonyl (C=O) groups excluding carboxylic acids is 3. The topological polar surface area (TPSA) is 90.0 Å². The number of urea groups is 1. The first-order valence-corrected chi connectivity index (χ1v) is 10.2. The standard InChI is InChI=1S/C22H23ClFN3O4/c1-26(22(31)25-12-14-6-4-10-18(24)19(14)23)15(13-28)7-5-11-27-20(29)16-8-2-3-9-17(16)21(27)30/h2-4,6,8-10,15,28H,5,7,11-13H2,1H3,(H,25,31). The molecular weight excluding hydrogens is 425 g/mol. The molecule has 2 aromatic rings. The molecule has 2 aromatic carbocycles. The van der Waals surface area contributed by atoms with Gasteiger partial charge in [0, 0.05) is 20.1 Å². The van der Waals surface area contributed by atoms with E-state index in [1.54, 1.807) is 30.3 Å². The highest BCUT2D eigenvalue weighted by Gasteiger charge is 2.34. The first-order valence-electron chi connectivity index (χ1n) is 9.84. The quantitative estimate of drug-likeness (QED) is 0.608. The van der Waals surface area contributed by atoms with Crippen molar-refractivity contribution in [2.45, 2.75) is 25.4 Å². The molecule has 0 saturated carbocycles. The minimum absolute atomic E-state index is 0.0347. The lowest BCUT2D eigenvalue weighted by atomic mass is 10.1. The van der Waals surface area contributed by atoms with Crippen LogP contribution in [0.5, 0.6) is 0 Å². The highest BCUT2D eigenvalue weighted by atomic mass is 35.5. The number of rotatable bonds is 8. The van der Waals surface area contributed by atoms with E-state index in [0.717, 1.165) is 0 Å². The van der Waals surface area contributed by atoms with Gasteiger partial charge in [0.2, 0.25) is 0 Å². The molecule has 4 amide bonds. The van der Waals surface area contributed by atoms with Gasteiger partial charge in [0.15, 0.2) is 0 Å². The second kappa shape index (κ2) is 9.89. The molecule has 31 heavy (non-hydrogen) atoms. The van der Waals surface area contributed by atoms with E-state index in [-0.39, 0.29) is 36.5 Å². The zero-order valence-corrected chi connectivity index (χ0v) is 17.7. The van der Waals surface area contributed by atoms with E-state index in [0.29, 0.717) is 29.5 Å². The summed E-state index contributed by atoms with van der Waals surface area (Å²) in [5.74, 6) is -1.23. The molecule has 9 heteroatoms. The smallest absolute Gasteiger partial charge is 0.317 e. The molecule has 0 fully saturated rings. The van der Waals surface area contributed by atoms with Crippen LogP contribution in [0.25, 0.3) is 0 Å². The second-order valence-corrected chi connectivity index (χ2v) is 7.65. The molecule has 1 aliphatic rings. The summed E-state index contributed by atoms with van der Waals surface area (Å²) in [6, 6.07) is 10.0. The van der Waals surface area contributed by atoms with Crippen molar-refractivity contribution >= 4 is 29.4 Å². The van der Waals surface area contributed by atoms with Crippen molar-refractivity contribution in [2.75, 3.05) is 20.2 Å². The zero-order chi connectivity index (χ0) is 22.5. The number of fused-ring (bicyclic) bond motifs is 1. The van der Waals surface area contributed by atoms with Crippen LogP contribution in [0.3, 0.4) is 0 Å². The van der Waals surface area contributed by atoms with Crippen LogP contribution in [0.15, 0.2) is 42.5 Å². The number of hydrogen-bond donors (Lipinski definition) is 2. The Hall–Kier alpha value is -2.97. The first-order chi connectivity index (χ1) is 14.8. The summed E-state index contributed by atoms with van der Waals surface area (Å²) in [5.41, 5.74) is 1.21. The number of nitrogens with zero attached hydrogens (tertiary/aromatic N) is 2. The van der Waals surface area contributed by atoms with Crippen molar-refractivity contribution in [3.63, 3.8) is 0 Å². The van der Waals surface area contributed by atoms with E-state index in [9.17, 15) is 23.9 Å². The molecule has 3 rings (SSSR count). The molecule has 0 aromatic heterocycles. The third kappa shape index (κ3) is 4.86. The number of benzene rings is 2. The lowest BCUT2D eigenvalue weighted by Crippen LogP contribution is -2.45. The lowest BCUT2D eigenvalue weighted by Gasteiger charge is -2.27. The maximum Gasteiger partial charge on any atom is 0.317 e. The Balaban J connectivity index is 1.51. The largest absolute Gasteiger partial charge is 0.394 e. The van der Waals surface area contributed by atoms with Gasteiger partial charge in [0.05, 0.1) is 28.8 Å². The number of amides is 4. The van der Waals surface area contributed by atoms with Crippen LogP contribution < -0.4 is 5.32 Å². The normalized spacial score (nSPS) is 13.9. The predicted octanol–water partition coefficient (Wildman–Crippen LogP) is 3.06. The van der Waals surface area contributed by atoms with Gasteiger partial charge in [-0.2, -0.15) is 0 Å². The van der Waals surface area contributed by atoms with E-state index in [1.165, 1.54) is 29.0 Å². The monoisotopic (exact) mass is 447 g/mol. The zero-order valence-electron chi connectivity index (χ0n) is 17.0. The molecule has 164 valence electrons. The number of aliphatic hydroxyl groups excluding tert-OH is 1. The fourth-order valence-electron chi connectivity index (χ4n) is 3.48. The molecular formula is C22H23ClFN3O4. The average Bonchev–Trinajstić information content (AvgIpc) is 3.02. The third-order valence-corrected chi connectivity index (χ3v) is 5.76. The first kappa shape index (κ1) is 22.7. The van der Waals surface area contributed by atoms with Gasteiger partial charge >= 0.3 is 6.03 Å². The number of carbonyl (C=O) groups is 3. The number of aliphatic hydroxyl groups is 1. The summed E-state index contributed by atoms with van der Waals surface area (Å²) >= 11 is 5.89. The molecule has 0 spiro atoms. The molecule has 0 aliphatic carbocycles. The van der Waals surface area contributed by atoms with Gasteiger partial charge in [-0.1, -0.05) is 35.9 Å². The Labute approximate surface area is 184 Å².